The first kappa shape index (κ1) is 18.0. The van der Waals surface area contributed by atoms with E-state index in [0.29, 0.717) is 33.8 Å². The molecule has 1 aliphatic carbocycles. The molecule has 3 heterocycles. The summed E-state index contributed by atoms with van der Waals surface area (Å²) in [6.07, 6.45) is 5.50. The minimum absolute atomic E-state index is 0.118. The van der Waals surface area contributed by atoms with Gasteiger partial charge in [0.15, 0.2) is 22.9 Å². The van der Waals surface area contributed by atoms with Crippen molar-refractivity contribution < 1.29 is 14.9 Å². The third-order valence-electron chi connectivity index (χ3n) is 4.81. The lowest BCUT2D eigenvalue weighted by Crippen LogP contribution is -2.19. The van der Waals surface area contributed by atoms with Gasteiger partial charge in [0.25, 0.3) is 0 Å². The number of aromatic hydroxyl groups is 2. The molecule has 0 aliphatic heterocycles. The fourth-order valence-electron chi connectivity index (χ4n) is 3.18. The first-order valence-electron chi connectivity index (χ1n) is 9.55. The van der Waals surface area contributed by atoms with Crippen LogP contribution in [0.3, 0.4) is 0 Å². The van der Waals surface area contributed by atoms with Gasteiger partial charge in [0.1, 0.15) is 11.6 Å². The molecule has 152 valence electrons. The Morgan fingerprint density at radius 1 is 1.27 bits per heavy atom. The van der Waals surface area contributed by atoms with Gasteiger partial charge in [-0.3, -0.25) is 9.98 Å². The van der Waals surface area contributed by atoms with Gasteiger partial charge in [-0.1, -0.05) is 6.07 Å². The Labute approximate surface area is 171 Å². The zero-order chi connectivity index (χ0) is 20.7. The molecule has 0 saturated heterocycles. The molecule has 3 aromatic heterocycles. The number of H-pyrrole nitrogens is 1. The van der Waals surface area contributed by atoms with Gasteiger partial charge in [0.2, 0.25) is 0 Å². The van der Waals surface area contributed by atoms with Crippen LogP contribution in [-0.4, -0.2) is 42.9 Å². The molecule has 1 fully saturated rings. The Morgan fingerprint density at radius 3 is 2.87 bits per heavy atom. The largest absolute Gasteiger partial charge is 0.497 e. The topological polar surface area (TPSA) is 120 Å². The summed E-state index contributed by atoms with van der Waals surface area (Å²) in [7, 11) is 1.62. The summed E-state index contributed by atoms with van der Waals surface area (Å²) in [5, 5.41) is 27.9. The highest BCUT2D eigenvalue weighted by Crippen LogP contribution is 2.24. The molecule has 30 heavy (non-hydrogen) atoms. The number of aromatic nitrogens is 4. The molecule has 9 nitrogen and oxygen atoms in total. The van der Waals surface area contributed by atoms with Crippen molar-refractivity contribution in [3.8, 4) is 17.5 Å². The van der Waals surface area contributed by atoms with E-state index in [-0.39, 0.29) is 11.8 Å². The smallest absolute Gasteiger partial charge is 0.198 e. The molecule has 1 aromatic carbocycles. The molecule has 0 radical (unpaired) electrons. The van der Waals surface area contributed by atoms with Crippen LogP contribution in [-0.2, 0) is 0 Å². The summed E-state index contributed by atoms with van der Waals surface area (Å²) < 4.78 is 6.97. The van der Waals surface area contributed by atoms with Crippen molar-refractivity contribution in [3.05, 3.63) is 58.9 Å². The lowest BCUT2D eigenvalue weighted by Gasteiger charge is -2.08. The standard InChI is InChI=1S/C21H20N6O3/c1-30-16-4-2-3-15(9-16)23-17-10-18(24-14-5-6-14)27-20(25-17)13(11-22-27)7-12-8-19(28)26-21(12)29/h2-4,7-11,14,23,26,28-29H,5-6H2,1H3. The molecule has 9 heteroatoms. The van der Waals surface area contributed by atoms with Gasteiger partial charge >= 0.3 is 0 Å². The Bertz CT molecular complexity index is 1350. The molecular formula is C21H20N6O3. The third-order valence-corrected chi connectivity index (χ3v) is 4.81. The average Bonchev–Trinajstić information content (AvgIpc) is 3.37. The van der Waals surface area contributed by atoms with E-state index in [0.717, 1.165) is 24.3 Å². The molecule has 1 aliphatic rings. The minimum Gasteiger partial charge on any atom is -0.497 e. The summed E-state index contributed by atoms with van der Waals surface area (Å²) in [6, 6.07) is 11.2. The second-order valence-electron chi connectivity index (χ2n) is 7.15. The molecule has 0 amide bonds. The first-order chi connectivity index (χ1) is 14.6. The van der Waals surface area contributed by atoms with Gasteiger partial charge in [-0.2, -0.15) is 9.61 Å². The first-order valence-corrected chi connectivity index (χ1v) is 9.55. The second kappa shape index (κ2) is 7.11. The van der Waals surface area contributed by atoms with E-state index >= 15 is 0 Å². The number of hydrogen-bond donors (Lipinski definition) is 4. The maximum atomic E-state index is 9.95. The zero-order valence-corrected chi connectivity index (χ0v) is 16.2. The fraction of sp³-hybridized carbons (Fsp3) is 0.190. The van der Waals surface area contributed by atoms with Gasteiger partial charge in [-0.25, -0.2) is 4.98 Å². The molecule has 0 spiro atoms. The van der Waals surface area contributed by atoms with Crippen molar-refractivity contribution in [2.24, 2.45) is 4.99 Å². The van der Waals surface area contributed by atoms with Gasteiger partial charge in [-0.15, -0.1) is 0 Å². The van der Waals surface area contributed by atoms with E-state index in [1.165, 1.54) is 6.07 Å². The molecule has 4 aromatic rings. The summed E-state index contributed by atoms with van der Waals surface area (Å²) in [4.78, 5) is 11.9. The molecule has 0 atom stereocenters. The molecule has 1 saturated carbocycles. The maximum Gasteiger partial charge on any atom is 0.198 e. The highest BCUT2D eigenvalue weighted by molar-refractivity contribution is 5.64. The minimum atomic E-state index is -0.125. The third kappa shape index (κ3) is 3.52. The summed E-state index contributed by atoms with van der Waals surface area (Å²) in [5.74, 6) is 1.12. The van der Waals surface area contributed by atoms with E-state index in [1.807, 2.05) is 30.3 Å². The van der Waals surface area contributed by atoms with Crippen LogP contribution in [0, 0.1) is 0 Å². The normalized spacial score (nSPS) is 15.1. The Balaban J connectivity index is 1.65. The van der Waals surface area contributed by atoms with Gasteiger partial charge in [-0.05, 0) is 31.1 Å². The number of fused-ring (bicyclic) bond motifs is 1. The highest BCUT2D eigenvalue weighted by atomic mass is 16.5. The average molecular weight is 404 g/mol. The SMILES string of the molecule is COc1cccc(Nc2cc(=NC3CC3)n3ncc(=Cc4cc(O)[nH]c4O)c3n2)c1. The fourth-order valence-corrected chi connectivity index (χ4v) is 3.18. The highest BCUT2D eigenvalue weighted by Gasteiger charge is 2.20. The van der Waals surface area contributed by atoms with Gasteiger partial charge in [0.05, 0.1) is 19.3 Å². The quantitative estimate of drug-likeness (QED) is 0.403. The van der Waals surface area contributed by atoms with E-state index in [9.17, 15) is 10.2 Å². The number of ether oxygens (including phenoxy) is 1. The van der Waals surface area contributed by atoms with Crippen molar-refractivity contribution in [3.63, 3.8) is 0 Å². The number of nitrogens with one attached hydrogen (secondary N) is 2. The molecule has 5 rings (SSSR count). The van der Waals surface area contributed by atoms with Crippen LogP contribution in [0.4, 0.5) is 11.5 Å². The van der Waals surface area contributed by atoms with Crippen molar-refractivity contribution in [2.75, 3.05) is 12.4 Å². The number of anilines is 2. The van der Waals surface area contributed by atoms with Crippen LogP contribution in [0.15, 0.2) is 47.6 Å². The van der Waals surface area contributed by atoms with Crippen molar-refractivity contribution in [1.82, 2.24) is 19.6 Å². The molecule has 0 bridgehead atoms. The predicted octanol–water partition coefficient (Wildman–Crippen LogP) is 1.83. The van der Waals surface area contributed by atoms with Gasteiger partial charge < -0.3 is 20.3 Å². The predicted molar refractivity (Wildman–Crippen MR) is 111 cm³/mol. The monoisotopic (exact) mass is 404 g/mol. The summed E-state index contributed by atoms with van der Waals surface area (Å²) in [6.45, 7) is 0. The van der Waals surface area contributed by atoms with E-state index in [2.05, 4.69) is 15.4 Å². The van der Waals surface area contributed by atoms with Crippen molar-refractivity contribution in [2.45, 2.75) is 18.9 Å². The lowest BCUT2D eigenvalue weighted by atomic mass is 10.2. The summed E-state index contributed by atoms with van der Waals surface area (Å²) in [5.41, 5.74) is 2.56. The van der Waals surface area contributed by atoms with Crippen LogP contribution >= 0.6 is 0 Å². The number of nitrogens with zero attached hydrogens (tertiary/aromatic N) is 4. The number of hydrogen-bond acceptors (Lipinski definition) is 7. The maximum absolute atomic E-state index is 9.95. The molecule has 0 unspecified atom stereocenters. The lowest BCUT2D eigenvalue weighted by molar-refractivity contribution is 0.415. The van der Waals surface area contributed by atoms with E-state index in [4.69, 9.17) is 14.7 Å². The van der Waals surface area contributed by atoms with E-state index < -0.39 is 0 Å². The second-order valence-corrected chi connectivity index (χ2v) is 7.15. The Hall–Kier alpha value is -4.01. The van der Waals surface area contributed by atoms with Crippen LogP contribution in [0.25, 0.3) is 11.7 Å². The van der Waals surface area contributed by atoms with E-state index in [1.54, 1.807) is 23.9 Å². The Kier molecular flexibility index (Phi) is 4.27. The molecular weight excluding hydrogens is 384 g/mol. The van der Waals surface area contributed by atoms with Crippen LogP contribution < -0.4 is 20.8 Å². The number of rotatable bonds is 5. The number of benzene rings is 1. The Morgan fingerprint density at radius 2 is 2.13 bits per heavy atom. The number of methoxy groups -OCH3 is 1. The van der Waals surface area contributed by atoms with Crippen molar-refractivity contribution in [1.29, 1.82) is 0 Å². The van der Waals surface area contributed by atoms with Crippen LogP contribution in [0.5, 0.6) is 17.5 Å². The van der Waals surface area contributed by atoms with Gasteiger partial charge in [0, 0.05) is 34.7 Å². The summed E-state index contributed by atoms with van der Waals surface area (Å²) >= 11 is 0. The number of aromatic amines is 1. The zero-order valence-electron chi connectivity index (χ0n) is 16.2. The van der Waals surface area contributed by atoms with Crippen LogP contribution in [0.2, 0.25) is 0 Å². The van der Waals surface area contributed by atoms with Crippen molar-refractivity contribution >= 4 is 23.2 Å². The van der Waals surface area contributed by atoms with Crippen LogP contribution in [0.1, 0.15) is 18.4 Å². The molecule has 4 N–H and O–H groups in total.